The molecule has 5 aromatic rings. The summed E-state index contributed by atoms with van der Waals surface area (Å²) in [6.45, 7) is -0.269. The fourth-order valence-electron chi connectivity index (χ4n) is 5.72. The Hall–Kier alpha value is -4.67. The van der Waals surface area contributed by atoms with Gasteiger partial charge in [0.15, 0.2) is 6.61 Å². The number of aromatic amines is 1. The molecule has 0 unspecified atom stereocenters. The van der Waals surface area contributed by atoms with Gasteiger partial charge in [-0.05, 0) is 29.7 Å². The number of imide groups is 1. The lowest BCUT2D eigenvalue weighted by molar-refractivity contribution is -0.122. The van der Waals surface area contributed by atoms with E-state index in [1.165, 1.54) is 16.7 Å². The highest BCUT2D eigenvalue weighted by molar-refractivity contribution is 8.00. The molecular formula is C32H23N3O5S2. The average molecular weight is 594 g/mol. The van der Waals surface area contributed by atoms with Gasteiger partial charge in [-0.3, -0.25) is 19.2 Å². The molecule has 4 aromatic carbocycles. The third-order valence-corrected chi connectivity index (χ3v) is 9.92. The Bertz CT molecular complexity index is 1910. The maximum absolute atomic E-state index is 13.9. The number of hydrogen-bond donors (Lipinski definition) is 2. The van der Waals surface area contributed by atoms with E-state index in [1.807, 2.05) is 60.7 Å². The van der Waals surface area contributed by atoms with Gasteiger partial charge in [-0.15, -0.1) is 0 Å². The number of thioether (sulfide) groups is 1. The molecule has 0 aliphatic carbocycles. The summed E-state index contributed by atoms with van der Waals surface area (Å²) in [4.78, 5) is 57.5. The first-order chi connectivity index (χ1) is 20.5. The van der Waals surface area contributed by atoms with Crippen molar-refractivity contribution in [2.24, 2.45) is 5.92 Å². The van der Waals surface area contributed by atoms with Crippen molar-refractivity contribution in [3.05, 3.63) is 117 Å². The number of carbonyl (C=O) groups excluding carboxylic acids is 3. The lowest BCUT2D eigenvalue weighted by Crippen LogP contribution is -2.32. The Balaban J connectivity index is 1.21. The number of carbonyl (C=O) groups is 3. The molecule has 0 bridgehead atoms. The van der Waals surface area contributed by atoms with Gasteiger partial charge in [0.2, 0.25) is 11.8 Å². The van der Waals surface area contributed by atoms with Crippen LogP contribution in [0.15, 0.2) is 107 Å². The second kappa shape index (κ2) is 10.6. The number of ether oxygens (including phenoxy) is 1. The number of rotatable bonds is 6. The predicted molar refractivity (Wildman–Crippen MR) is 163 cm³/mol. The van der Waals surface area contributed by atoms with Crippen LogP contribution in [0.25, 0.3) is 10.8 Å². The predicted octanol–water partition coefficient (Wildman–Crippen LogP) is 5.40. The van der Waals surface area contributed by atoms with E-state index in [-0.39, 0.29) is 29.2 Å². The van der Waals surface area contributed by atoms with Crippen molar-refractivity contribution in [2.45, 2.75) is 16.2 Å². The van der Waals surface area contributed by atoms with Crippen molar-refractivity contribution in [2.75, 3.05) is 16.8 Å². The van der Waals surface area contributed by atoms with Crippen LogP contribution in [0.1, 0.15) is 16.4 Å². The molecule has 0 saturated carbocycles. The molecule has 1 fully saturated rings. The molecule has 1 aromatic heterocycles. The summed E-state index contributed by atoms with van der Waals surface area (Å²) < 4.78 is 6.07. The highest BCUT2D eigenvalue weighted by Crippen LogP contribution is 2.54. The molecule has 2 N–H and O–H groups in total. The zero-order valence-electron chi connectivity index (χ0n) is 22.0. The number of anilines is 2. The largest absolute Gasteiger partial charge is 0.483 e. The highest BCUT2D eigenvalue weighted by Gasteiger charge is 2.56. The average Bonchev–Trinajstić information content (AvgIpc) is 3.51. The zero-order chi connectivity index (χ0) is 28.8. The smallest absolute Gasteiger partial charge is 0.305 e. The summed E-state index contributed by atoms with van der Waals surface area (Å²) >= 11 is 2.25. The van der Waals surface area contributed by atoms with Crippen molar-refractivity contribution in [1.82, 2.24) is 4.98 Å². The lowest BCUT2D eigenvalue weighted by Gasteiger charge is -2.30. The Morgan fingerprint density at radius 2 is 1.60 bits per heavy atom. The lowest BCUT2D eigenvalue weighted by atomic mass is 9.82. The van der Waals surface area contributed by atoms with Gasteiger partial charge in [-0.2, -0.15) is 0 Å². The van der Waals surface area contributed by atoms with Crippen molar-refractivity contribution >= 4 is 63.0 Å². The van der Waals surface area contributed by atoms with Crippen LogP contribution in [0.4, 0.5) is 11.4 Å². The number of benzene rings is 4. The number of amides is 3. The number of nitrogens with zero attached hydrogens (tertiary/aromatic N) is 1. The Kier molecular flexibility index (Phi) is 6.64. The van der Waals surface area contributed by atoms with Gasteiger partial charge in [0, 0.05) is 27.4 Å². The molecule has 0 spiro atoms. The normalized spacial score (nSPS) is 19.4. The highest BCUT2D eigenvalue weighted by atomic mass is 32.2. The number of H-pyrrole nitrogens is 1. The molecule has 42 heavy (non-hydrogen) atoms. The fourth-order valence-corrected chi connectivity index (χ4v) is 8.22. The summed E-state index contributed by atoms with van der Waals surface area (Å²) in [6, 6.07) is 29.5. The third-order valence-electron chi connectivity index (χ3n) is 7.51. The number of hydrogen-bond acceptors (Lipinski definition) is 7. The minimum absolute atomic E-state index is 0.259. The van der Waals surface area contributed by atoms with Crippen LogP contribution in [0.2, 0.25) is 0 Å². The quantitative estimate of drug-likeness (QED) is 0.255. The van der Waals surface area contributed by atoms with Crippen molar-refractivity contribution in [3.63, 3.8) is 0 Å². The summed E-state index contributed by atoms with van der Waals surface area (Å²) in [5.41, 5.74) is 1.83. The number of nitrogens with one attached hydrogen (secondary N) is 2. The van der Waals surface area contributed by atoms with E-state index in [1.54, 1.807) is 36.4 Å². The molecule has 7 rings (SSSR count). The third kappa shape index (κ3) is 4.49. The molecule has 8 nitrogen and oxygen atoms in total. The van der Waals surface area contributed by atoms with Gasteiger partial charge in [-0.1, -0.05) is 95.9 Å². The Morgan fingerprint density at radius 1 is 0.857 bits per heavy atom. The van der Waals surface area contributed by atoms with Crippen molar-refractivity contribution in [1.29, 1.82) is 0 Å². The zero-order valence-corrected chi connectivity index (χ0v) is 23.6. The minimum atomic E-state index is -0.754. The van der Waals surface area contributed by atoms with E-state index >= 15 is 0 Å². The first kappa shape index (κ1) is 26.2. The fraction of sp³-hybridized carbons (Fsp3) is 0.125. The first-order valence-corrected chi connectivity index (χ1v) is 15.0. The first-order valence-electron chi connectivity index (χ1n) is 13.3. The van der Waals surface area contributed by atoms with Crippen LogP contribution in [0, 0.1) is 5.92 Å². The number of thiazole rings is 1. The van der Waals surface area contributed by atoms with E-state index in [0.717, 1.165) is 22.1 Å². The number of para-hydroxylation sites is 2. The monoisotopic (exact) mass is 593 g/mol. The maximum Gasteiger partial charge on any atom is 0.305 e. The topological polar surface area (TPSA) is 109 Å². The van der Waals surface area contributed by atoms with Gasteiger partial charge in [-0.25, -0.2) is 4.90 Å². The molecule has 3 amide bonds. The minimum Gasteiger partial charge on any atom is -0.483 e. The molecule has 3 heterocycles. The van der Waals surface area contributed by atoms with Crippen LogP contribution in [0.5, 0.6) is 5.75 Å². The van der Waals surface area contributed by atoms with Crippen molar-refractivity contribution in [3.8, 4) is 5.75 Å². The van der Waals surface area contributed by atoms with Crippen LogP contribution in [0.3, 0.4) is 0 Å². The molecule has 208 valence electrons. The summed E-state index contributed by atoms with van der Waals surface area (Å²) in [5, 5.41) is 4.72. The van der Waals surface area contributed by atoms with E-state index in [0.29, 0.717) is 32.6 Å². The maximum atomic E-state index is 13.9. The Morgan fingerprint density at radius 3 is 2.45 bits per heavy atom. The van der Waals surface area contributed by atoms with Gasteiger partial charge < -0.3 is 15.0 Å². The standard InChI is InChI=1S/C32H23N3O5S2/c36-24(33-22-15-8-10-18-9-4-5-13-20(18)22)17-40-23-16-7-6-14-21(23)25-26-28(41-29-27(25)42-32(39)34-29)31(38)35(30(26)37)19-11-2-1-3-12-19/h1-16,25-26,28H,17H2,(H,33,36)(H,34,39)/t25-,26-,28+/m0/s1. The molecule has 2 aliphatic rings. The molecule has 2 aliphatic heterocycles. The molecule has 1 saturated heterocycles. The van der Waals surface area contributed by atoms with E-state index in [2.05, 4.69) is 10.3 Å². The summed E-state index contributed by atoms with van der Waals surface area (Å²) in [5.74, 6) is -1.95. The van der Waals surface area contributed by atoms with E-state index in [4.69, 9.17) is 4.74 Å². The summed E-state index contributed by atoms with van der Waals surface area (Å²) in [6.07, 6.45) is 0. The van der Waals surface area contributed by atoms with Crippen LogP contribution in [-0.2, 0) is 14.4 Å². The van der Waals surface area contributed by atoms with E-state index < -0.39 is 17.1 Å². The second-order valence-corrected chi connectivity index (χ2v) is 12.2. The summed E-state index contributed by atoms with van der Waals surface area (Å²) in [7, 11) is 0. The van der Waals surface area contributed by atoms with Crippen LogP contribution >= 0.6 is 23.1 Å². The number of aromatic nitrogens is 1. The van der Waals surface area contributed by atoms with E-state index in [9.17, 15) is 19.2 Å². The van der Waals surface area contributed by atoms with Gasteiger partial charge in [0.05, 0.1) is 16.6 Å². The van der Waals surface area contributed by atoms with Crippen LogP contribution < -0.4 is 19.8 Å². The number of fused-ring (bicyclic) bond motifs is 3. The van der Waals surface area contributed by atoms with Crippen molar-refractivity contribution < 1.29 is 19.1 Å². The molecule has 0 radical (unpaired) electrons. The van der Waals surface area contributed by atoms with Gasteiger partial charge >= 0.3 is 4.87 Å². The second-order valence-electron chi connectivity index (χ2n) is 10.00. The Labute approximate surface area is 248 Å². The van der Waals surface area contributed by atoms with Crippen LogP contribution in [-0.4, -0.2) is 34.6 Å². The molecule has 10 heteroatoms. The van der Waals surface area contributed by atoms with Gasteiger partial charge in [0.1, 0.15) is 11.0 Å². The van der Waals surface area contributed by atoms with Gasteiger partial charge in [0.25, 0.3) is 5.91 Å². The SMILES string of the molecule is O=C(COc1ccccc1[C@@H]1c2sc(=O)[nH]c2S[C@H]2C(=O)N(c3ccccc3)C(=O)[C@@H]12)Nc1cccc2ccccc12. The molecular weight excluding hydrogens is 571 g/mol. The molecule has 3 atom stereocenters.